The molecule has 2 N–H and O–H groups in total. The second-order valence-electron chi connectivity index (χ2n) is 4.31. The molecular weight excluding hydrogens is 232 g/mol. The van der Waals surface area contributed by atoms with Gasteiger partial charge in [-0.2, -0.15) is 4.98 Å². The van der Waals surface area contributed by atoms with Crippen LogP contribution >= 0.6 is 0 Å². The van der Waals surface area contributed by atoms with Crippen LogP contribution in [0.15, 0.2) is 12.3 Å². The number of aromatic nitrogens is 2. The summed E-state index contributed by atoms with van der Waals surface area (Å²) in [5, 5.41) is 0. The monoisotopic (exact) mass is 250 g/mol. The van der Waals surface area contributed by atoms with Crippen LogP contribution in [-0.2, 0) is 9.53 Å². The van der Waals surface area contributed by atoms with E-state index in [2.05, 4.69) is 14.9 Å². The molecule has 1 atom stereocenters. The van der Waals surface area contributed by atoms with Crippen LogP contribution in [0.5, 0.6) is 0 Å². The molecule has 1 unspecified atom stereocenters. The molecule has 1 aliphatic rings. The number of piperidine rings is 1. The van der Waals surface area contributed by atoms with E-state index < -0.39 is 0 Å². The number of rotatable bonds is 3. The van der Waals surface area contributed by atoms with Crippen LogP contribution in [0.25, 0.3) is 0 Å². The van der Waals surface area contributed by atoms with Crippen LogP contribution in [0.2, 0.25) is 0 Å². The minimum Gasteiger partial charge on any atom is -0.466 e. The van der Waals surface area contributed by atoms with Gasteiger partial charge in [0, 0.05) is 19.3 Å². The first-order valence-electron chi connectivity index (χ1n) is 6.20. The number of hydrogen-bond acceptors (Lipinski definition) is 6. The number of anilines is 2. The van der Waals surface area contributed by atoms with Crippen LogP contribution in [0.3, 0.4) is 0 Å². The third-order valence-electron chi connectivity index (χ3n) is 3.02. The minimum atomic E-state index is -0.121. The van der Waals surface area contributed by atoms with Gasteiger partial charge in [-0.25, -0.2) is 4.98 Å². The van der Waals surface area contributed by atoms with Gasteiger partial charge in [-0.05, 0) is 25.8 Å². The topological polar surface area (TPSA) is 81.3 Å². The second kappa shape index (κ2) is 5.66. The smallest absolute Gasteiger partial charge is 0.310 e. The van der Waals surface area contributed by atoms with E-state index in [1.807, 2.05) is 13.0 Å². The molecule has 0 saturated carbocycles. The maximum absolute atomic E-state index is 11.7. The van der Waals surface area contributed by atoms with Gasteiger partial charge in [-0.3, -0.25) is 4.79 Å². The standard InChI is InChI=1S/C12H18N4O2/c1-2-18-11(17)9-4-3-7-16(8-9)10-5-6-14-12(13)15-10/h5-6,9H,2-4,7-8H2,1H3,(H2,13,14,15). The quantitative estimate of drug-likeness (QED) is 0.800. The maximum Gasteiger partial charge on any atom is 0.310 e. The first kappa shape index (κ1) is 12.6. The molecule has 1 saturated heterocycles. The first-order chi connectivity index (χ1) is 8.70. The average Bonchev–Trinajstić information content (AvgIpc) is 2.39. The van der Waals surface area contributed by atoms with Gasteiger partial charge in [0.25, 0.3) is 0 Å². The fourth-order valence-corrected chi connectivity index (χ4v) is 2.18. The number of carbonyl (C=O) groups is 1. The Bertz CT molecular complexity index is 424. The van der Waals surface area contributed by atoms with Crippen molar-refractivity contribution < 1.29 is 9.53 Å². The summed E-state index contributed by atoms with van der Waals surface area (Å²) in [7, 11) is 0. The van der Waals surface area contributed by atoms with Gasteiger partial charge in [0.1, 0.15) is 5.82 Å². The fourth-order valence-electron chi connectivity index (χ4n) is 2.18. The van der Waals surface area contributed by atoms with Gasteiger partial charge >= 0.3 is 5.97 Å². The minimum absolute atomic E-state index is 0.0742. The highest BCUT2D eigenvalue weighted by Crippen LogP contribution is 2.22. The fraction of sp³-hybridized carbons (Fsp3) is 0.583. The van der Waals surface area contributed by atoms with Crippen LogP contribution in [0, 0.1) is 5.92 Å². The van der Waals surface area contributed by atoms with Crippen LogP contribution < -0.4 is 10.6 Å². The van der Waals surface area contributed by atoms with Crippen molar-refractivity contribution in [2.75, 3.05) is 30.3 Å². The van der Waals surface area contributed by atoms with Crippen molar-refractivity contribution in [2.24, 2.45) is 5.92 Å². The Hall–Kier alpha value is -1.85. The molecule has 0 aromatic carbocycles. The molecule has 18 heavy (non-hydrogen) atoms. The van der Waals surface area contributed by atoms with Crippen molar-refractivity contribution in [3.8, 4) is 0 Å². The van der Waals surface area contributed by atoms with Crippen LogP contribution in [-0.4, -0.2) is 35.6 Å². The zero-order chi connectivity index (χ0) is 13.0. The van der Waals surface area contributed by atoms with Crippen molar-refractivity contribution >= 4 is 17.7 Å². The lowest BCUT2D eigenvalue weighted by molar-refractivity contribution is -0.148. The Morgan fingerprint density at radius 1 is 1.67 bits per heavy atom. The van der Waals surface area contributed by atoms with Crippen LogP contribution in [0.1, 0.15) is 19.8 Å². The number of nitrogens with two attached hydrogens (primary N) is 1. The molecule has 6 nitrogen and oxygen atoms in total. The maximum atomic E-state index is 11.7. The zero-order valence-electron chi connectivity index (χ0n) is 10.5. The average molecular weight is 250 g/mol. The highest BCUT2D eigenvalue weighted by molar-refractivity contribution is 5.73. The Morgan fingerprint density at radius 3 is 3.22 bits per heavy atom. The number of nitrogens with zero attached hydrogens (tertiary/aromatic N) is 3. The summed E-state index contributed by atoms with van der Waals surface area (Å²) in [5.41, 5.74) is 5.57. The molecule has 1 aromatic rings. The Balaban J connectivity index is 2.04. The normalized spacial score (nSPS) is 19.6. The summed E-state index contributed by atoms with van der Waals surface area (Å²) in [6.45, 7) is 3.76. The van der Waals surface area contributed by atoms with Crippen molar-refractivity contribution in [3.63, 3.8) is 0 Å². The Morgan fingerprint density at radius 2 is 2.50 bits per heavy atom. The van der Waals surface area contributed by atoms with E-state index in [9.17, 15) is 4.79 Å². The molecule has 2 rings (SSSR count). The highest BCUT2D eigenvalue weighted by atomic mass is 16.5. The summed E-state index contributed by atoms with van der Waals surface area (Å²) in [5.74, 6) is 0.835. The first-order valence-corrected chi connectivity index (χ1v) is 6.20. The number of esters is 1. The van der Waals surface area contributed by atoms with E-state index in [1.165, 1.54) is 0 Å². The van der Waals surface area contributed by atoms with Gasteiger partial charge in [0.05, 0.1) is 12.5 Å². The Labute approximate surface area is 106 Å². The molecule has 2 heterocycles. The van der Waals surface area contributed by atoms with E-state index in [0.717, 1.165) is 25.2 Å². The van der Waals surface area contributed by atoms with Crippen molar-refractivity contribution in [1.82, 2.24) is 9.97 Å². The summed E-state index contributed by atoms with van der Waals surface area (Å²) in [6.07, 6.45) is 3.45. The third-order valence-corrected chi connectivity index (χ3v) is 3.02. The summed E-state index contributed by atoms with van der Waals surface area (Å²) < 4.78 is 5.07. The zero-order valence-corrected chi connectivity index (χ0v) is 10.5. The van der Waals surface area contributed by atoms with E-state index in [-0.39, 0.29) is 17.8 Å². The lowest BCUT2D eigenvalue weighted by atomic mass is 9.98. The van der Waals surface area contributed by atoms with E-state index in [0.29, 0.717) is 13.2 Å². The van der Waals surface area contributed by atoms with Crippen molar-refractivity contribution in [3.05, 3.63) is 12.3 Å². The molecule has 0 bridgehead atoms. The van der Waals surface area contributed by atoms with Gasteiger partial charge in [-0.1, -0.05) is 0 Å². The lowest BCUT2D eigenvalue weighted by Crippen LogP contribution is -2.39. The number of ether oxygens (including phenoxy) is 1. The van der Waals surface area contributed by atoms with E-state index in [4.69, 9.17) is 10.5 Å². The molecular formula is C12H18N4O2. The van der Waals surface area contributed by atoms with Crippen molar-refractivity contribution in [2.45, 2.75) is 19.8 Å². The van der Waals surface area contributed by atoms with Gasteiger partial charge in [0.2, 0.25) is 5.95 Å². The highest BCUT2D eigenvalue weighted by Gasteiger charge is 2.27. The summed E-state index contributed by atoms with van der Waals surface area (Å²) in [6, 6.07) is 1.81. The molecule has 0 spiro atoms. The molecule has 0 amide bonds. The van der Waals surface area contributed by atoms with Crippen molar-refractivity contribution in [1.29, 1.82) is 0 Å². The number of hydrogen-bond donors (Lipinski definition) is 1. The number of carbonyl (C=O) groups excluding carboxylic acids is 1. The molecule has 6 heteroatoms. The Kier molecular flexibility index (Phi) is 3.96. The van der Waals surface area contributed by atoms with Gasteiger partial charge in [0.15, 0.2) is 0 Å². The second-order valence-corrected chi connectivity index (χ2v) is 4.31. The van der Waals surface area contributed by atoms with Gasteiger partial charge in [-0.15, -0.1) is 0 Å². The predicted molar refractivity (Wildman–Crippen MR) is 68.0 cm³/mol. The number of nitrogen functional groups attached to an aromatic ring is 1. The van der Waals surface area contributed by atoms with E-state index in [1.54, 1.807) is 6.20 Å². The third kappa shape index (κ3) is 2.88. The SMILES string of the molecule is CCOC(=O)C1CCCN(c2ccnc(N)n2)C1. The molecule has 1 fully saturated rings. The van der Waals surface area contributed by atoms with Gasteiger partial charge < -0.3 is 15.4 Å². The molecule has 98 valence electrons. The molecule has 1 aromatic heterocycles. The molecule has 0 aliphatic carbocycles. The van der Waals surface area contributed by atoms with Crippen LogP contribution in [0.4, 0.5) is 11.8 Å². The molecule has 0 radical (unpaired) electrons. The summed E-state index contributed by atoms with van der Waals surface area (Å²) >= 11 is 0. The predicted octanol–water partition coefficient (Wildman–Crippen LogP) is 0.838. The largest absolute Gasteiger partial charge is 0.466 e. The summed E-state index contributed by atoms with van der Waals surface area (Å²) in [4.78, 5) is 21.8. The molecule has 1 aliphatic heterocycles. The lowest BCUT2D eigenvalue weighted by Gasteiger charge is -2.32. The van der Waals surface area contributed by atoms with E-state index >= 15 is 0 Å².